The minimum atomic E-state index is -0.288. The van der Waals surface area contributed by atoms with Crippen LogP contribution in [0.3, 0.4) is 0 Å². The molecule has 0 aliphatic heterocycles. The van der Waals surface area contributed by atoms with E-state index in [-0.39, 0.29) is 22.6 Å². The summed E-state index contributed by atoms with van der Waals surface area (Å²) in [4.78, 5) is 12.0. The molecule has 1 aromatic carbocycles. The lowest BCUT2D eigenvalue weighted by Gasteiger charge is -2.24. The van der Waals surface area contributed by atoms with E-state index < -0.39 is 0 Å². The summed E-state index contributed by atoms with van der Waals surface area (Å²) >= 11 is 5.68. The first-order valence-electron chi connectivity index (χ1n) is 6.61. The van der Waals surface area contributed by atoms with Crippen LogP contribution in [-0.2, 0) is 0 Å². The van der Waals surface area contributed by atoms with Crippen molar-refractivity contribution in [2.45, 2.75) is 26.7 Å². The average molecular weight is 300 g/mol. The van der Waals surface area contributed by atoms with Gasteiger partial charge in [-0.25, -0.2) is 0 Å². The van der Waals surface area contributed by atoms with Gasteiger partial charge in [-0.3, -0.25) is 4.79 Å². The first-order chi connectivity index (χ1) is 9.39. The predicted molar refractivity (Wildman–Crippen MR) is 80.7 cm³/mol. The van der Waals surface area contributed by atoms with Gasteiger partial charge < -0.3 is 15.2 Å². The average Bonchev–Trinajstić information content (AvgIpc) is 2.42. The number of alkyl halides is 1. The Labute approximate surface area is 125 Å². The molecule has 0 aliphatic rings. The largest absolute Gasteiger partial charge is 0.507 e. The fourth-order valence-corrected chi connectivity index (χ4v) is 2.01. The van der Waals surface area contributed by atoms with Gasteiger partial charge in [-0.1, -0.05) is 13.8 Å². The molecular formula is C15H22ClNO3. The Balaban J connectivity index is 2.63. The van der Waals surface area contributed by atoms with Crippen LogP contribution >= 0.6 is 11.6 Å². The van der Waals surface area contributed by atoms with Gasteiger partial charge in [0, 0.05) is 18.5 Å². The van der Waals surface area contributed by atoms with Crippen LogP contribution < -0.4 is 10.1 Å². The number of rotatable bonds is 7. The lowest BCUT2D eigenvalue weighted by molar-refractivity contribution is 0.0932. The summed E-state index contributed by atoms with van der Waals surface area (Å²) in [5.74, 6) is 0.766. The summed E-state index contributed by atoms with van der Waals surface area (Å²) in [7, 11) is 1.51. The molecule has 0 saturated heterocycles. The molecule has 20 heavy (non-hydrogen) atoms. The van der Waals surface area contributed by atoms with Crippen molar-refractivity contribution in [1.82, 2.24) is 5.32 Å². The lowest BCUT2D eigenvalue weighted by Crippen LogP contribution is -2.34. The van der Waals surface area contributed by atoms with Gasteiger partial charge in [0.25, 0.3) is 5.91 Å². The molecule has 0 aliphatic carbocycles. The van der Waals surface area contributed by atoms with E-state index in [9.17, 15) is 9.90 Å². The second-order valence-corrected chi connectivity index (χ2v) is 5.90. The molecule has 1 aromatic rings. The number of hydrogen-bond acceptors (Lipinski definition) is 3. The minimum Gasteiger partial charge on any atom is -0.507 e. The quantitative estimate of drug-likeness (QED) is 0.760. The second kappa shape index (κ2) is 7.39. The molecule has 2 N–H and O–H groups in total. The normalized spacial score (nSPS) is 11.2. The van der Waals surface area contributed by atoms with E-state index in [0.717, 1.165) is 12.8 Å². The molecule has 0 radical (unpaired) electrons. The fraction of sp³-hybridized carbons (Fsp3) is 0.533. The Morgan fingerprint density at radius 3 is 2.70 bits per heavy atom. The standard InChI is InChI=1S/C15H22ClNO3/c1-15(2,7-4-8-16)10-17-14(19)12-6-5-11(20-3)9-13(12)18/h5-6,9,18H,4,7-8,10H2,1-3H3,(H,17,19). The molecular weight excluding hydrogens is 278 g/mol. The van der Waals surface area contributed by atoms with Gasteiger partial charge >= 0.3 is 0 Å². The zero-order chi connectivity index (χ0) is 15.2. The van der Waals surface area contributed by atoms with Crippen molar-refractivity contribution in [3.05, 3.63) is 23.8 Å². The molecule has 0 saturated carbocycles. The highest BCUT2D eigenvalue weighted by Crippen LogP contribution is 2.24. The monoisotopic (exact) mass is 299 g/mol. The van der Waals surface area contributed by atoms with E-state index in [1.807, 2.05) is 0 Å². The van der Waals surface area contributed by atoms with Gasteiger partial charge in [0.15, 0.2) is 0 Å². The van der Waals surface area contributed by atoms with Gasteiger partial charge in [0.05, 0.1) is 12.7 Å². The molecule has 1 rings (SSSR count). The van der Waals surface area contributed by atoms with Crippen LogP contribution in [0.2, 0.25) is 0 Å². The molecule has 0 aromatic heterocycles. The number of aromatic hydroxyl groups is 1. The van der Waals surface area contributed by atoms with Gasteiger partial charge in [-0.15, -0.1) is 11.6 Å². The van der Waals surface area contributed by atoms with Gasteiger partial charge in [-0.2, -0.15) is 0 Å². The van der Waals surface area contributed by atoms with Crippen LogP contribution in [-0.4, -0.2) is 30.5 Å². The van der Waals surface area contributed by atoms with Crippen molar-refractivity contribution in [1.29, 1.82) is 0 Å². The molecule has 0 heterocycles. The van der Waals surface area contributed by atoms with E-state index in [0.29, 0.717) is 18.2 Å². The van der Waals surface area contributed by atoms with E-state index in [4.69, 9.17) is 16.3 Å². The zero-order valence-corrected chi connectivity index (χ0v) is 13.0. The predicted octanol–water partition coefficient (Wildman–Crippen LogP) is 3.18. The zero-order valence-electron chi connectivity index (χ0n) is 12.2. The second-order valence-electron chi connectivity index (χ2n) is 5.52. The number of amides is 1. The number of nitrogens with one attached hydrogen (secondary N) is 1. The number of phenolic OH excluding ortho intramolecular Hbond substituents is 1. The molecule has 0 unspecified atom stereocenters. The van der Waals surface area contributed by atoms with Gasteiger partial charge in [0.1, 0.15) is 11.5 Å². The first kappa shape index (κ1) is 16.6. The Morgan fingerprint density at radius 1 is 1.45 bits per heavy atom. The summed E-state index contributed by atoms with van der Waals surface area (Å²) in [5.41, 5.74) is 0.228. The molecule has 4 nitrogen and oxygen atoms in total. The van der Waals surface area contributed by atoms with E-state index in [1.54, 1.807) is 12.1 Å². The summed E-state index contributed by atoms with van der Waals surface area (Å²) in [5, 5.41) is 12.6. The maximum absolute atomic E-state index is 12.0. The smallest absolute Gasteiger partial charge is 0.255 e. The summed E-state index contributed by atoms with van der Waals surface area (Å²) in [6.45, 7) is 4.69. The number of ether oxygens (including phenoxy) is 1. The highest BCUT2D eigenvalue weighted by Gasteiger charge is 2.20. The van der Waals surface area contributed by atoms with Crippen LogP contribution in [0.4, 0.5) is 0 Å². The Bertz CT molecular complexity index is 460. The topological polar surface area (TPSA) is 58.6 Å². The highest BCUT2D eigenvalue weighted by molar-refractivity contribution is 6.17. The van der Waals surface area contributed by atoms with Crippen LogP contribution in [0.1, 0.15) is 37.0 Å². The number of benzene rings is 1. The number of carbonyl (C=O) groups is 1. The minimum absolute atomic E-state index is 0.0212. The maximum Gasteiger partial charge on any atom is 0.255 e. The molecule has 0 fully saturated rings. The summed E-state index contributed by atoms with van der Waals surface area (Å²) in [6.07, 6.45) is 1.85. The van der Waals surface area contributed by atoms with Crippen LogP contribution in [0.25, 0.3) is 0 Å². The van der Waals surface area contributed by atoms with E-state index >= 15 is 0 Å². The van der Waals surface area contributed by atoms with Crippen molar-refractivity contribution in [3.8, 4) is 11.5 Å². The van der Waals surface area contributed by atoms with Crippen molar-refractivity contribution in [2.24, 2.45) is 5.41 Å². The molecule has 1 amide bonds. The molecule has 112 valence electrons. The molecule has 5 heteroatoms. The van der Waals surface area contributed by atoms with Crippen LogP contribution in [0.15, 0.2) is 18.2 Å². The lowest BCUT2D eigenvalue weighted by atomic mass is 9.88. The third-order valence-electron chi connectivity index (χ3n) is 3.16. The van der Waals surface area contributed by atoms with Crippen molar-refractivity contribution in [3.63, 3.8) is 0 Å². The summed E-state index contributed by atoms with van der Waals surface area (Å²) < 4.78 is 4.98. The number of halogens is 1. The third-order valence-corrected chi connectivity index (χ3v) is 3.43. The van der Waals surface area contributed by atoms with Crippen molar-refractivity contribution < 1.29 is 14.6 Å². The Hall–Kier alpha value is -1.42. The molecule has 0 spiro atoms. The number of phenols is 1. The Morgan fingerprint density at radius 2 is 2.15 bits per heavy atom. The third kappa shape index (κ3) is 4.93. The van der Waals surface area contributed by atoms with Crippen LogP contribution in [0, 0.1) is 5.41 Å². The SMILES string of the molecule is COc1ccc(C(=O)NCC(C)(C)CCCCl)c(O)c1. The first-order valence-corrected chi connectivity index (χ1v) is 7.14. The van der Waals surface area contributed by atoms with Crippen molar-refractivity contribution >= 4 is 17.5 Å². The maximum atomic E-state index is 12.0. The van der Waals surface area contributed by atoms with E-state index in [2.05, 4.69) is 19.2 Å². The van der Waals surface area contributed by atoms with E-state index in [1.165, 1.54) is 13.2 Å². The van der Waals surface area contributed by atoms with Gasteiger partial charge in [-0.05, 0) is 30.4 Å². The Kier molecular flexibility index (Phi) is 6.14. The van der Waals surface area contributed by atoms with Crippen molar-refractivity contribution in [2.75, 3.05) is 19.5 Å². The molecule has 0 atom stereocenters. The summed E-state index contributed by atoms with van der Waals surface area (Å²) in [6, 6.07) is 4.62. The van der Waals surface area contributed by atoms with Crippen LogP contribution in [0.5, 0.6) is 11.5 Å². The number of methoxy groups -OCH3 is 1. The highest BCUT2D eigenvalue weighted by atomic mass is 35.5. The molecule has 0 bridgehead atoms. The van der Waals surface area contributed by atoms with Gasteiger partial charge in [0.2, 0.25) is 0 Å². The number of hydrogen-bond donors (Lipinski definition) is 2. The fourth-order valence-electron chi connectivity index (χ4n) is 1.88. The number of carbonyl (C=O) groups excluding carboxylic acids is 1.